The fourth-order valence-corrected chi connectivity index (χ4v) is 1.06. The zero-order chi connectivity index (χ0) is 11.1. The standard InChI is InChI=1S/C9H12N4O2/c1-15-6-8(5-14)12-9-7(4-10)2-3-11-13-9/h2-3,8,14H,5-6H2,1H3,(H,12,13). The van der Waals surface area contributed by atoms with Crippen LogP contribution in [-0.2, 0) is 4.74 Å². The topological polar surface area (TPSA) is 91.1 Å². The number of hydrogen-bond acceptors (Lipinski definition) is 6. The third-order valence-electron chi connectivity index (χ3n) is 1.77. The largest absolute Gasteiger partial charge is 0.394 e. The van der Waals surface area contributed by atoms with E-state index in [9.17, 15) is 0 Å². The molecule has 1 atom stereocenters. The summed E-state index contributed by atoms with van der Waals surface area (Å²) in [5.41, 5.74) is 0.388. The molecule has 2 N–H and O–H groups in total. The fraction of sp³-hybridized carbons (Fsp3) is 0.444. The number of ether oxygens (including phenoxy) is 1. The Morgan fingerprint density at radius 1 is 1.73 bits per heavy atom. The Labute approximate surface area is 87.5 Å². The SMILES string of the molecule is COCC(CO)Nc1nnccc1C#N. The Morgan fingerprint density at radius 3 is 3.13 bits per heavy atom. The van der Waals surface area contributed by atoms with E-state index in [1.807, 2.05) is 6.07 Å². The molecule has 6 heteroatoms. The van der Waals surface area contributed by atoms with E-state index in [0.29, 0.717) is 18.0 Å². The van der Waals surface area contributed by atoms with E-state index < -0.39 is 0 Å². The van der Waals surface area contributed by atoms with E-state index in [-0.39, 0.29) is 12.6 Å². The highest BCUT2D eigenvalue weighted by Crippen LogP contribution is 2.09. The van der Waals surface area contributed by atoms with Crippen molar-refractivity contribution in [1.29, 1.82) is 5.26 Å². The molecule has 1 heterocycles. The lowest BCUT2D eigenvalue weighted by Gasteiger charge is -2.15. The molecule has 0 spiro atoms. The highest BCUT2D eigenvalue weighted by atomic mass is 16.5. The molecule has 1 aromatic rings. The summed E-state index contributed by atoms with van der Waals surface area (Å²) in [5.74, 6) is 0.358. The highest BCUT2D eigenvalue weighted by Gasteiger charge is 2.10. The van der Waals surface area contributed by atoms with Crippen molar-refractivity contribution in [2.24, 2.45) is 0 Å². The van der Waals surface area contributed by atoms with Crippen LogP contribution in [0.2, 0.25) is 0 Å². The first-order valence-electron chi connectivity index (χ1n) is 4.40. The Morgan fingerprint density at radius 2 is 2.53 bits per heavy atom. The Balaban J connectivity index is 2.74. The number of aliphatic hydroxyl groups is 1. The van der Waals surface area contributed by atoms with Crippen molar-refractivity contribution in [3.05, 3.63) is 17.8 Å². The summed E-state index contributed by atoms with van der Waals surface area (Å²) in [6.45, 7) is 0.229. The number of nitrogens with zero attached hydrogens (tertiary/aromatic N) is 3. The van der Waals surface area contributed by atoms with Gasteiger partial charge < -0.3 is 15.2 Å². The van der Waals surface area contributed by atoms with Gasteiger partial charge in [0.1, 0.15) is 6.07 Å². The van der Waals surface area contributed by atoms with Gasteiger partial charge in [-0.1, -0.05) is 0 Å². The molecular formula is C9H12N4O2. The lowest BCUT2D eigenvalue weighted by Crippen LogP contribution is -2.29. The zero-order valence-corrected chi connectivity index (χ0v) is 8.34. The average Bonchev–Trinajstić information content (AvgIpc) is 2.29. The number of hydrogen-bond donors (Lipinski definition) is 2. The molecule has 0 amide bonds. The van der Waals surface area contributed by atoms with Crippen LogP contribution in [0.5, 0.6) is 0 Å². The van der Waals surface area contributed by atoms with Crippen LogP contribution in [0, 0.1) is 11.3 Å². The van der Waals surface area contributed by atoms with Crippen molar-refractivity contribution in [3.63, 3.8) is 0 Å². The minimum atomic E-state index is -0.293. The Hall–Kier alpha value is -1.71. The maximum atomic E-state index is 9.01. The minimum absolute atomic E-state index is 0.102. The first-order valence-corrected chi connectivity index (χ1v) is 4.40. The zero-order valence-electron chi connectivity index (χ0n) is 8.34. The first-order chi connectivity index (χ1) is 7.31. The molecule has 1 rings (SSSR count). The summed E-state index contributed by atoms with van der Waals surface area (Å²) in [5, 5.41) is 28.1. The molecule has 0 bridgehead atoms. The molecule has 0 aliphatic carbocycles. The molecule has 15 heavy (non-hydrogen) atoms. The van der Waals surface area contributed by atoms with Gasteiger partial charge in [-0.2, -0.15) is 10.4 Å². The van der Waals surface area contributed by atoms with Gasteiger partial charge in [-0.15, -0.1) is 5.10 Å². The maximum absolute atomic E-state index is 9.01. The molecule has 1 aromatic heterocycles. The third kappa shape index (κ3) is 3.16. The quantitative estimate of drug-likeness (QED) is 0.694. The molecule has 0 aliphatic rings. The van der Waals surface area contributed by atoms with Gasteiger partial charge in [0.05, 0.1) is 31.0 Å². The smallest absolute Gasteiger partial charge is 0.167 e. The van der Waals surface area contributed by atoms with E-state index in [2.05, 4.69) is 15.5 Å². The van der Waals surface area contributed by atoms with Gasteiger partial charge in [-0.3, -0.25) is 0 Å². The lowest BCUT2D eigenvalue weighted by atomic mass is 10.2. The van der Waals surface area contributed by atoms with Gasteiger partial charge in [0.2, 0.25) is 0 Å². The molecule has 0 aromatic carbocycles. The number of aliphatic hydroxyl groups excluding tert-OH is 1. The molecule has 0 saturated heterocycles. The molecule has 0 saturated carbocycles. The van der Waals surface area contributed by atoms with Crippen molar-refractivity contribution in [3.8, 4) is 6.07 Å². The summed E-state index contributed by atoms with van der Waals surface area (Å²) in [4.78, 5) is 0. The van der Waals surface area contributed by atoms with Gasteiger partial charge in [0, 0.05) is 7.11 Å². The second-order valence-corrected chi connectivity index (χ2v) is 2.88. The number of rotatable bonds is 5. The van der Waals surface area contributed by atoms with Crippen LogP contribution in [-0.4, -0.2) is 41.7 Å². The van der Waals surface area contributed by atoms with Crippen molar-refractivity contribution in [1.82, 2.24) is 10.2 Å². The van der Waals surface area contributed by atoms with Crippen LogP contribution >= 0.6 is 0 Å². The van der Waals surface area contributed by atoms with Crippen molar-refractivity contribution in [2.75, 3.05) is 25.6 Å². The summed E-state index contributed by atoms with van der Waals surface area (Å²) in [6.07, 6.45) is 1.44. The van der Waals surface area contributed by atoms with E-state index in [4.69, 9.17) is 15.1 Å². The average molecular weight is 208 g/mol. The van der Waals surface area contributed by atoms with Gasteiger partial charge in [-0.05, 0) is 6.07 Å². The van der Waals surface area contributed by atoms with Crippen molar-refractivity contribution in [2.45, 2.75) is 6.04 Å². The van der Waals surface area contributed by atoms with Crippen molar-refractivity contribution >= 4 is 5.82 Å². The Kier molecular flexibility index (Phi) is 4.47. The number of nitriles is 1. The molecule has 0 aliphatic heterocycles. The Bertz CT molecular complexity index is 350. The fourth-order valence-electron chi connectivity index (χ4n) is 1.06. The van der Waals surface area contributed by atoms with Crippen LogP contribution in [0.25, 0.3) is 0 Å². The molecule has 1 unspecified atom stereocenters. The summed E-state index contributed by atoms with van der Waals surface area (Å²) in [7, 11) is 1.53. The number of aromatic nitrogens is 2. The van der Waals surface area contributed by atoms with Gasteiger partial charge in [0.15, 0.2) is 5.82 Å². The first kappa shape index (κ1) is 11.4. The summed E-state index contributed by atoms with van der Waals surface area (Å²) >= 11 is 0. The molecule has 0 radical (unpaired) electrons. The molecular weight excluding hydrogens is 196 g/mol. The number of methoxy groups -OCH3 is 1. The van der Waals surface area contributed by atoms with E-state index in [1.165, 1.54) is 13.3 Å². The normalized spacial score (nSPS) is 11.8. The minimum Gasteiger partial charge on any atom is -0.394 e. The predicted molar refractivity (Wildman–Crippen MR) is 53.1 cm³/mol. The number of nitrogens with one attached hydrogen (secondary N) is 1. The second-order valence-electron chi connectivity index (χ2n) is 2.88. The highest BCUT2D eigenvalue weighted by molar-refractivity contribution is 5.50. The van der Waals surface area contributed by atoms with Crippen LogP contribution in [0.3, 0.4) is 0 Å². The van der Waals surface area contributed by atoms with Gasteiger partial charge >= 0.3 is 0 Å². The van der Waals surface area contributed by atoms with Crippen LogP contribution in [0.15, 0.2) is 12.3 Å². The van der Waals surface area contributed by atoms with Crippen molar-refractivity contribution < 1.29 is 9.84 Å². The van der Waals surface area contributed by atoms with Gasteiger partial charge in [-0.25, -0.2) is 0 Å². The van der Waals surface area contributed by atoms with E-state index >= 15 is 0 Å². The second kappa shape index (κ2) is 5.90. The van der Waals surface area contributed by atoms with Gasteiger partial charge in [0.25, 0.3) is 0 Å². The number of anilines is 1. The van der Waals surface area contributed by atoms with Crippen LogP contribution < -0.4 is 5.32 Å². The van der Waals surface area contributed by atoms with Crippen LogP contribution in [0.4, 0.5) is 5.82 Å². The predicted octanol–water partition coefficient (Wildman–Crippen LogP) is -0.233. The maximum Gasteiger partial charge on any atom is 0.167 e. The molecule has 80 valence electrons. The van der Waals surface area contributed by atoms with E-state index in [1.54, 1.807) is 6.07 Å². The molecule has 6 nitrogen and oxygen atoms in total. The van der Waals surface area contributed by atoms with E-state index in [0.717, 1.165) is 0 Å². The third-order valence-corrected chi connectivity index (χ3v) is 1.77. The monoisotopic (exact) mass is 208 g/mol. The van der Waals surface area contributed by atoms with Crippen LogP contribution in [0.1, 0.15) is 5.56 Å². The lowest BCUT2D eigenvalue weighted by molar-refractivity contribution is 0.153. The molecule has 0 fully saturated rings. The summed E-state index contributed by atoms with van der Waals surface area (Å²) in [6, 6.07) is 3.24. The summed E-state index contributed by atoms with van der Waals surface area (Å²) < 4.78 is 4.89.